The Bertz CT molecular complexity index is 423. The highest BCUT2D eigenvalue weighted by Gasteiger charge is 2.04. The molecule has 20 heavy (non-hydrogen) atoms. The number of methoxy groups -OCH3 is 1. The summed E-state index contributed by atoms with van der Waals surface area (Å²) in [4.78, 5) is 22.6. The quantitative estimate of drug-likeness (QED) is 0.666. The summed E-state index contributed by atoms with van der Waals surface area (Å²) < 4.78 is 5.04. The third-order valence-electron chi connectivity index (χ3n) is 2.43. The van der Waals surface area contributed by atoms with Gasteiger partial charge in [-0.3, -0.25) is 9.59 Å². The first-order valence-electron chi connectivity index (χ1n) is 5.96. The van der Waals surface area contributed by atoms with Gasteiger partial charge in [-0.1, -0.05) is 12.1 Å². The Kier molecular flexibility index (Phi) is 9.15. The lowest BCUT2D eigenvalue weighted by Crippen LogP contribution is -2.39. The Labute approximate surface area is 124 Å². The Morgan fingerprint density at radius 3 is 2.20 bits per heavy atom. The lowest BCUT2D eigenvalue weighted by Gasteiger charge is -2.07. The minimum absolute atomic E-state index is 0. The van der Waals surface area contributed by atoms with Crippen LogP contribution >= 0.6 is 12.4 Å². The van der Waals surface area contributed by atoms with Gasteiger partial charge >= 0.3 is 0 Å². The van der Waals surface area contributed by atoms with Crippen molar-refractivity contribution in [3.8, 4) is 5.75 Å². The summed E-state index contributed by atoms with van der Waals surface area (Å²) in [7, 11) is 3.27. The summed E-state index contributed by atoms with van der Waals surface area (Å²) in [5.74, 6) is 0.344. The molecule has 0 saturated heterocycles. The van der Waals surface area contributed by atoms with Gasteiger partial charge in [0.05, 0.1) is 20.2 Å². The second-order valence-corrected chi connectivity index (χ2v) is 3.93. The lowest BCUT2D eigenvalue weighted by molar-refractivity contribution is -0.125. The van der Waals surface area contributed by atoms with Crippen molar-refractivity contribution in [3.05, 3.63) is 29.8 Å². The van der Waals surface area contributed by atoms with E-state index in [-0.39, 0.29) is 37.3 Å². The van der Waals surface area contributed by atoms with Crippen molar-refractivity contribution in [1.29, 1.82) is 0 Å². The van der Waals surface area contributed by atoms with Gasteiger partial charge in [-0.2, -0.15) is 0 Å². The van der Waals surface area contributed by atoms with Crippen LogP contribution in [0, 0.1) is 0 Å². The van der Waals surface area contributed by atoms with Gasteiger partial charge in [-0.15, -0.1) is 12.4 Å². The van der Waals surface area contributed by atoms with E-state index in [2.05, 4.69) is 16.0 Å². The number of likely N-dealkylation sites (N-methyl/N-ethyl adjacent to an activating group) is 1. The van der Waals surface area contributed by atoms with E-state index in [1.807, 2.05) is 24.3 Å². The number of carbonyl (C=O) groups excluding carboxylic acids is 2. The van der Waals surface area contributed by atoms with Crippen LogP contribution in [0.15, 0.2) is 24.3 Å². The van der Waals surface area contributed by atoms with Crippen molar-refractivity contribution >= 4 is 24.2 Å². The van der Waals surface area contributed by atoms with E-state index in [9.17, 15) is 9.59 Å². The van der Waals surface area contributed by atoms with Crippen molar-refractivity contribution in [2.45, 2.75) is 6.54 Å². The van der Waals surface area contributed by atoms with Crippen LogP contribution in [0.3, 0.4) is 0 Å². The SMILES string of the molecule is CNCC(=O)NCC(=O)NCc1ccc(OC)cc1.Cl. The number of benzene rings is 1. The van der Waals surface area contributed by atoms with Gasteiger partial charge in [-0.05, 0) is 24.7 Å². The molecule has 112 valence electrons. The van der Waals surface area contributed by atoms with E-state index in [1.54, 1.807) is 14.2 Å². The molecule has 1 aromatic carbocycles. The third kappa shape index (κ3) is 6.96. The average Bonchev–Trinajstić information content (AvgIpc) is 2.44. The van der Waals surface area contributed by atoms with Crippen molar-refractivity contribution < 1.29 is 14.3 Å². The minimum Gasteiger partial charge on any atom is -0.497 e. The third-order valence-corrected chi connectivity index (χ3v) is 2.43. The average molecular weight is 302 g/mol. The van der Waals surface area contributed by atoms with Crippen LogP contribution < -0.4 is 20.7 Å². The normalized spacial score (nSPS) is 9.30. The molecule has 0 bridgehead atoms. The summed E-state index contributed by atoms with van der Waals surface area (Å²) in [6, 6.07) is 7.41. The number of halogens is 1. The van der Waals surface area contributed by atoms with E-state index in [1.165, 1.54) is 0 Å². The molecular formula is C13H20ClN3O3. The zero-order valence-corrected chi connectivity index (χ0v) is 12.4. The van der Waals surface area contributed by atoms with Gasteiger partial charge in [0.2, 0.25) is 11.8 Å². The molecule has 0 unspecified atom stereocenters. The topological polar surface area (TPSA) is 79.5 Å². The molecule has 3 N–H and O–H groups in total. The predicted octanol–water partition coefficient (Wildman–Crippen LogP) is 0.0688. The van der Waals surface area contributed by atoms with Crippen molar-refractivity contribution in [2.75, 3.05) is 27.2 Å². The molecule has 2 amide bonds. The van der Waals surface area contributed by atoms with Crippen molar-refractivity contribution in [3.63, 3.8) is 0 Å². The molecule has 0 aliphatic rings. The van der Waals surface area contributed by atoms with E-state index >= 15 is 0 Å². The fourth-order valence-corrected chi connectivity index (χ4v) is 1.41. The van der Waals surface area contributed by atoms with E-state index in [0.717, 1.165) is 11.3 Å². The van der Waals surface area contributed by atoms with Crippen molar-refractivity contribution in [1.82, 2.24) is 16.0 Å². The number of hydrogen-bond donors (Lipinski definition) is 3. The number of carbonyl (C=O) groups is 2. The smallest absolute Gasteiger partial charge is 0.239 e. The number of rotatable bonds is 7. The molecule has 1 rings (SSSR count). The first-order valence-corrected chi connectivity index (χ1v) is 5.96. The van der Waals surface area contributed by atoms with E-state index in [4.69, 9.17) is 4.74 Å². The van der Waals surface area contributed by atoms with Crippen LogP contribution in [-0.2, 0) is 16.1 Å². The number of hydrogen-bond acceptors (Lipinski definition) is 4. The highest BCUT2D eigenvalue weighted by atomic mass is 35.5. The highest BCUT2D eigenvalue weighted by molar-refractivity contribution is 5.85. The Morgan fingerprint density at radius 2 is 1.65 bits per heavy atom. The van der Waals surface area contributed by atoms with Gasteiger partial charge in [-0.25, -0.2) is 0 Å². The fourth-order valence-electron chi connectivity index (χ4n) is 1.41. The molecule has 0 aromatic heterocycles. The molecule has 6 nitrogen and oxygen atoms in total. The van der Waals surface area contributed by atoms with Gasteiger partial charge in [0, 0.05) is 6.54 Å². The standard InChI is InChI=1S/C13H19N3O3.ClH/c1-14-8-12(17)16-9-13(18)15-7-10-3-5-11(19-2)6-4-10;/h3-6,14H,7-9H2,1-2H3,(H,15,18)(H,16,17);1H. The zero-order chi connectivity index (χ0) is 14.1. The molecule has 0 fully saturated rings. The first kappa shape index (κ1) is 18.2. The number of nitrogens with one attached hydrogen (secondary N) is 3. The molecule has 7 heteroatoms. The molecule has 0 aliphatic heterocycles. The Morgan fingerprint density at radius 1 is 1.05 bits per heavy atom. The van der Waals surface area contributed by atoms with Crippen LogP contribution in [0.5, 0.6) is 5.75 Å². The number of amides is 2. The van der Waals surface area contributed by atoms with E-state index < -0.39 is 0 Å². The molecule has 0 heterocycles. The molecule has 0 spiro atoms. The summed E-state index contributed by atoms with van der Waals surface area (Å²) >= 11 is 0. The summed E-state index contributed by atoms with van der Waals surface area (Å²) in [6.45, 7) is 0.604. The maximum Gasteiger partial charge on any atom is 0.239 e. The largest absolute Gasteiger partial charge is 0.497 e. The molecule has 0 radical (unpaired) electrons. The highest BCUT2D eigenvalue weighted by Crippen LogP contribution is 2.10. The summed E-state index contributed by atoms with van der Waals surface area (Å²) in [5.41, 5.74) is 0.968. The first-order chi connectivity index (χ1) is 9.15. The van der Waals surface area contributed by atoms with Gasteiger partial charge in [0.1, 0.15) is 5.75 Å². The Hall–Kier alpha value is -1.79. The molecule has 0 saturated carbocycles. The monoisotopic (exact) mass is 301 g/mol. The van der Waals surface area contributed by atoms with Crippen molar-refractivity contribution in [2.24, 2.45) is 0 Å². The number of ether oxygens (including phenoxy) is 1. The molecule has 0 aliphatic carbocycles. The maximum atomic E-state index is 11.5. The zero-order valence-electron chi connectivity index (χ0n) is 11.6. The summed E-state index contributed by atoms with van der Waals surface area (Å²) in [6.07, 6.45) is 0. The molecule has 0 atom stereocenters. The molecular weight excluding hydrogens is 282 g/mol. The van der Waals surface area contributed by atoms with Crippen LogP contribution in [-0.4, -0.2) is 39.1 Å². The second kappa shape index (κ2) is 10.1. The van der Waals surface area contributed by atoms with Gasteiger partial charge in [0.25, 0.3) is 0 Å². The predicted molar refractivity (Wildman–Crippen MR) is 79.0 cm³/mol. The van der Waals surface area contributed by atoms with Crippen LogP contribution in [0.2, 0.25) is 0 Å². The van der Waals surface area contributed by atoms with Crippen LogP contribution in [0.1, 0.15) is 5.56 Å². The van der Waals surface area contributed by atoms with Crippen LogP contribution in [0.25, 0.3) is 0 Å². The van der Waals surface area contributed by atoms with Crippen LogP contribution in [0.4, 0.5) is 0 Å². The van der Waals surface area contributed by atoms with E-state index in [0.29, 0.717) is 6.54 Å². The second-order valence-electron chi connectivity index (χ2n) is 3.93. The molecule has 1 aromatic rings. The lowest BCUT2D eigenvalue weighted by atomic mass is 10.2. The summed E-state index contributed by atoms with van der Waals surface area (Å²) in [5, 5.41) is 7.93. The Balaban J connectivity index is 0.00000361. The van der Waals surface area contributed by atoms with Gasteiger partial charge < -0.3 is 20.7 Å². The van der Waals surface area contributed by atoms with Gasteiger partial charge in [0.15, 0.2) is 0 Å². The fraction of sp³-hybridized carbons (Fsp3) is 0.385. The maximum absolute atomic E-state index is 11.5. The minimum atomic E-state index is -0.222.